The number of carbonyl (C=O) groups excluding carboxylic acids is 3. The third kappa shape index (κ3) is 8.59. The van der Waals surface area contributed by atoms with Crippen molar-refractivity contribution < 1.29 is 33.7 Å². The topological polar surface area (TPSA) is 148 Å². The van der Waals surface area contributed by atoms with E-state index in [0.29, 0.717) is 46.7 Å². The molecule has 0 spiro atoms. The Labute approximate surface area is 345 Å². The Balaban J connectivity index is 1.22. The summed E-state index contributed by atoms with van der Waals surface area (Å²) in [6, 6.07) is 18.9. The first kappa shape index (κ1) is 41.2. The van der Waals surface area contributed by atoms with Crippen LogP contribution in [0.1, 0.15) is 104 Å². The van der Waals surface area contributed by atoms with Gasteiger partial charge < -0.3 is 35.3 Å². The number of hydrogen-bond acceptors (Lipinski definition) is 11. The lowest BCUT2D eigenvalue weighted by atomic mass is 9.79. The predicted molar refractivity (Wildman–Crippen MR) is 232 cm³/mol. The molecule has 1 atom stereocenters. The summed E-state index contributed by atoms with van der Waals surface area (Å²) in [5, 5.41) is 26.5. The number of Topliss-reactive ketones (excluding diaryl/α,β-unsaturated/α-hetero) is 1. The minimum atomic E-state index is -1.26. The molecule has 2 heterocycles. The molecular weight excluding hydrogens is 745 g/mol. The molecule has 2 aliphatic heterocycles. The average Bonchev–Trinajstić information content (AvgIpc) is 3.23. The highest BCUT2D eigenvalue weighted by Crippen LogP contribution is 2.45. The number of anilines is 3. The normalized spacial score (nSPS) is 18.1. The second-order valence-corrected chi connectivity index (χ2v) is 15.8. The zero-order valence-electron chi connectivity index (χ0n) is 34.5. The Morgan fingerprint density at radius 1 is 0.712 bits per heavy atom. The number of allylic oxidation sites excluding steroid dienone is 2. The van der Waals surface area contributed by atoms with E-state index in [9.17, 15) is 19.5 Å². The number of unbranched alkanes of at least 4 members (excludes halogenated alkanes) is 6. The van der Waals surface area contributed by atoms with Crippen LogP contribution in [0.5, 0.6) is 0 Å². The Morgan fingerprint density at radius 3 is 1.97 bits per heavy atom. The smallest absolute Gasteiger partial charge is 0.305 e. The van der Waals surface area contributed by atoms with Crippen molar-refractivity contribution in [3.8, 4) is 12.0 Å². The molecule has 3 aliphatic rings. The van der Waals surface area contributed by atoms with E-state index >= 15 is 0 Å². The molecule has 0 bridgehead atoms. The molecule has 308 valence electrons. The molecule has 7 rings (SSSR count). The van der Waals surface area contributed by atoms with Crippen LogP contribution < -0.4 is 26.5 Å². The maximum absolute atomic E-state index is 14.2. The summed E-state index contributed by atoms with van der Waals surface area (Å²) in [5.74, 6) is 2.16. The van der Waals surface area contributed by atoms with Crippen molar-refractivity contribution >= 4 is 67.5 Å². The van der Waals surface area contributed by atoms with Crippen LogP contribution in [0.4, 0.5) is 17.1 Å². The minimum absolute atomic E-state index is 0.0796. The summed E-state index contributed by atoms with van der Waals surface area (Å²) in [4.78, 5) is 44.7. The number of aliphatic hydroxyl groups excluding tert-OH is 1. The quantitative estimate of drug-likeness (QED) is 0.0467. The number of ether oxygens (including phenoxy) is 3. The largest absolute Gasteiger partial charge is 0.506 e. The summed E-state index contributed by atoms with van der Waals surface area (Å²) in [5.41, 5.74) is 1.44. The van der Waals surface area contributed by atoms with Gasteiger partial charge in [0.25, 0.3) is 0 Å². The Hall–Kier alpha value is -6.02. The highest BCUT2D eigenvalue weighted by atomic mass is 16.6. The molecule has 0 aromatic heterocycles. The first-order chi connectivity index (χ1) is 28.6. The van der Waals surface area contributed by atoms with E-state index < -0.39 is 11.3 Å². The molecule has 4 N–H and O–H groups in total. The van der Waals surface area contributed by atoms with E-state index in [1.54, 1.807) is 12.1 Å². The van der Waals surface area contributed by atoms with Crippen LogP contribution in [0.3, 0.4) is 0 Å². The highest BCUT2D eigenvalue weighted by Gasteiger charge is 2.39. The maximum Gasteiger partial charge on any atom is 0.305 e. The lowest BCUT2D eigenvalue weighted by Crippen LogP contribution is -2.50. The van der Waals surface area contributed by atoms with E-state index in [1.807, 2.05) is 55.5 Å². The molecular formula is C48H54N4O7. The molecule has 11 nitrogen and oxygen atoms in total. The maximum atomic E-state index is 14.2. The number of nitrogens with zero attached hydrogens (tertiary/aromatic N) is 1. The number of esters is 2. The van der Waals surface area contributed by atoms with Gasteiger partial charge in [-0.15, -0.1) is 0 Å². The zero-order chi connectivity index (χ0) is 41.6. The third-order valence-corrected chi connectivity index (χ3v) is 11.1. The number of hydrogen-bond donors (Lipinski definition) is 4. The van der Waals surface area contributed by atoms with Gasteiger partial charge in [-0.1, -0.05) is 95.7 Å². The molecule has 4 aromatic carbocycles. The lowest BCUT2D eigenvalue weighted by molar-refractivity contribution is -0.149. The number of rotatable bonds is 17. The molecule has 0 amide bonds. The van der Waals surface area contributed by atoms with E-state index in [0.717, 1.165) is 85.3 Å². The lowest BCUT2D eigenvalue weighted by Gasteiger charge is -2.35. The molecule has 59 heavy (non-hydrogen) atoms. The molecule has 4 aromatic rings. The molecule has 0 radical (unpaired) electrons. The summed E-state index contributed by atoms with van der Waals surface area (Å²) < 4.78 is 17.1. The molecule has 1 aliphatic carbocycles. The number of carbonyl (C=O) groups is 3. The Morgan fingerprint density at radius 2 is 1.32 bits per heavy atom. The van der Waals surface area contributed by atoms with E-state index in [1.165, 1.54) is 0 Å². The van der Waals surface area contributed by atoms with Gasteiger partial charge in [0.15, 0.2) is 11.3 Å². The van der Waals surface area contributed by atoms with Crippen molar-refractivity contribution in [2.45, 2.75) is 110 Å². The number of ketones is 1. The fraction of sp³-hybridized carbons (Fsp3) is 0.417. The summed E-state index contributed by atoms with van der Waals surface area (Å²) in [7, 11) is 0. The summed E-state index contributed by atoms with van der Waals surface area (Å²) in [6.45, 7) is 8.56. The van der Waals surface area contributed by atoms with Crippen LogP contribution in [0.25, 0.3) is 32.7 Å². The van der Waals surface area contributed by atoms with E-state index in [2.05, 4.69) is 48.7 Å². The molecule has 0 fully saturated rings. The van der Waals surface area contributed by atoms with E-state index in [-0.39, 0.29) is 47.8 Å². The zero-order valence-corrected chi connectivity index (χ0v) is 34.5. The number of nitrogens with one attached hydrogen (secondary N) is 3. The standard InChI is InChI=1S/C48H54N4O7/c1-5-8-11-20-39(53)58-29-48(30-59-40(54)21-12-9-6-2)51-36-19-15-17-32-34(23-25-38(52-48)42(32)36)44-45(55)43(46(44)56)33-22-24-37-41-31(33)16-14-18-35(41)49-47(4,50-37)26-28-57-27-13-10-7-3/h14-19,22-25,49-51,55H,5-13,20-21,27,29-30H2,1-4H3/b44-34-. The predicted octanol–water partition coefficient (Wildman–Crippen LogP) is 8.41. The highest BCUT2D eigenvalue weighted by molar-refractivity contribution is 6.53. The summed E-state index contributed by atoms with van der Waals surface area (Å²) >= 11 is 0. The number of benzene rings is 4. The van der Waals surface area contributed by atoms with Gasteiger partial charge in [0, 0.05) is 40.7 Å². The van der Waals surface area contributed by atoms with Gasteiger partial charge in [-0.2, -0.15) is 0 Å². The third-order valence-electron chi connectivity index (χ3n) is 11.1. The minimum Gasteiger partial charge on any atom is -0.506 e. The van der Waals surface area contributed by atoms with Gasteiger partial charge in [0.05, 0.1) is 16.5 Å². The molecule has 1 unspecified atom stereocenters. The average molecular weight is 799 g/mol. The first-order valence-electron chi connectivity index (χ1n) is 21.1. The molecule has 0 saturated carbocycles. The van der Waals surface area contributed by atoms with E-state index in [4.69, 9.17) is 19.2 Å². The van der Waals surface area contributed by atoms with Crippen molar-refractivity contribution in [3.05, 3.63) is 82.6 Å². The molecule has 0 saturated heterocycles. The van der Waals surface area contributed by atoms with Crippen LogP contribution in [-0.2, 0) is 28.6 Å². The van der Waals surface area contributed by atoms with Crippen LogP contribution in [0.2, 0.25) is 0 Å². The van der Waals surface area contributed by atoms with Crippen LogP contribution in [0, 0.1) is 12.0 Å². The van der Waals surface area contributed by atoms with Gasteiger partial charge >= 0.3 is 11.9 Å². The SMILES string of the molecule is CCCCCOC#CC1(C)Nc2cccc3c(C4=C(O)/C(=c5\ccc6c7c(cccc57)NC(COC(=O)CCCCC)(COC(=O)CCCCC)N=6)C4=O)ccc(c23)N1. The second kappa shape index (κ2) is 17.9. The van der Waals surface area contributed by atoms with Crippen molar-refractivity contribution in [2.75, 3.05) is 35.8 Å². The monoisotopic (exact) mass is 798 g/mol. The van der Waals surface area contributed by atoms with Crippen molar-refractivity contribution in [1.29, 1.82) is 0 Å². The Bertz CT molecular complexity index is 2480. The van der Waals surface area contributed by atoms with Crippen molar-refractivity contribution in [1.82, 2.24) is 0 Å². The van der Waals surface area contributed by atoms with Gasteiger partial charge in [-0.3, -0.25) is 14.4 Å². The van der Waals surface area contributed by atoms with Gasteiger partial charge in [-0.25, -0.2) is 4.99 Å². The van der Waals surface area contributed by atoms with Crippen molar-refractivity contribution in [2.24, 2.45) is 4.99 Å². The van der Waals surface area contributed by atoms with Gasteiger partial charge in [0.2, 0.25) is 5.78 Å². The van der Waals surface area contributed by atoms with Crippen LogP contribution >= 0.6 is 0 Å². The molecule has 11 heteroatoms. The first-order valence-corrected chi connectivity index (χ1v) is 21.1. The fourth-order valence-electron chi connectivity index (χ4n) is 8.06. The fourth-order valence-corrected chi connectivity index (χ4v) is 8.06. The summed E-state index contributed by atoms with van der Waals surface area (Å²) in [6.07, 6.45) is 11.9. The second-order valence-electron chi connectivity index (χ2n) is 15.8. The Kier molecular flexibility index (Phi) is 12.5. The van der Waals surface area contributed by atoms with Crippen LogP contribution in [0.15, 0.2) is 71.4 Å². The van der Waals surface area contributed by atoms with Gasteiger partial charge in [0.1, 0.15) is 31.7 Å². The number of aliphatic hydroxyl groups is 1. The van der Waals surface area contributed by atoms with Gasteiger partial charge in [-0.05, 0) is 77.9 Å². The van der Waals surface area contributed by atoms with Crippen molar-refractivity contribution in [3.63, 3.8) is 0 Å². The van der Waals surface area contributed by atoms with Crippen LogP contribution in [-0.4, -0.2) is 54.0 Å².